The van der Waals surface area contributed by atoms with Crippen molar-refractivity contribution >= 4 is 5.78 Å². The van der Waals surface area contributed by atoms with Crippen molar-refractivity contribution in [1.82, 2.24) is 0 Å². The summed E-state index contributed by atoms with van der Waals surface area (Å²) in [4.78, 5) is 12.3. The van der Waals surface area contributed by atoms with Crippen LogP contribution >= 0.6 is 0 Å². The maximum Gasteiger partial charge on any atom is 0.158 e. The number of fused-ring (bicyclic) bond motifs is 1. The molecule has 0 saturated heterocycles. The number of rotatable bonds is 0. The van der Waals surface area contributed by atoms with Gasteiger partial charge in [0.05, 0.1) is 6.07 Å². The fourth-order valence-corrected chi connectivity index (χ4v) is 3.77. The lowest BCUT2D eigenvalue weighted by Crippen LogP contribution is -2.62. The van der Waals surface area contributed by atoms with Gasteiger partial charge in [-0.2, -0.15) is 5.26 Å². The van der Waals surface area contributed by atoms with Gasteiger partial charge < -0.3 is 0 Å². The smallest absolute Gasteiger partial charge is 0.158 e. The summed E-state index contributed by atoms with van der Waals surface area (Å²) in [7, 11) is 0. The van der Waals surface area contributed by atoms with E-state index in [2.05, 4.69) is 19.9 Å². The highest BCUT2D eigenvalue weighted by Gasteiger charge is 2.67. The van der Waals surface area contributed by atoms with E-state index in [1.165, 1.54) is 0 Å². The van der Waals surface area contributed by atoms with Crippen molar-refractivity contribution in [2.45, 2.75) is 47.0 Å². The van der Waals surface area contributed by atoms with E-state index >= 15 is 0 Å². The Morgan fingerprint density at radius 3 is 2.40 bits per heavy atom. The highest BCUT2D eigenvalue weighted by molar-refractivity contribution is 5.94. The van der Waals surface area contributed by atoms with E-state index in [0.29, 0.717) is 0 Å². The monoisotopic (exact) mass is 205 g/mol. The molecule has 0 bridgehead atoms. The Labute approximate surface area is 91.7 Å². The Morgan fingerprint density at radius 2 is 1.93 bits per heavy atom. The summed E-state index contributed by atoms with van der Waals surface area (Å²) in [5, 5.41) is 9.34. The third-order valence-electron chi connectivity index (χ3n) is 4.55. The maximum absolute atomic E-state index is 12.3. The predicted molar refractivity (Wildman–Crippen MR) is 58.0 cm³/mol. The number of carbonyl (C=O) groups excluding carboxylic acids is 1. The summed E-state index contributed by atoms with van der Waals surface area (Å²) >= 11 is 0. The predicted octanol–water partition coefficient (Wildman–Crippen LogP) is 2.93. The van der Waals surface area contributed by atoms with Crippen molar-refractivity contribution in [2.24, 2.45) is 22.2 Å². The van der Waals surface area contributed by atoms with Crippen LogP contribution in [0.5, 0.6) is 0 Å². The Morgan fingerprint density at radius 1 is 1.33 bits per heavy atom. The van der Waals surface area contributed by atoms with E-state index in [1.54, 1.807) is 0 Å². The molecular weight excluding hydrogens is 186 g/mol. The number of Topliss-reactive ketones (excluding diaryl/α,β-unsaturated/α-hetero) is 1. The molecule has 15 heavy (non-hydrogen) atoms. The van der Waals surface area contributed by atoms with Crippen molar-refractivity contribution in [3.8, 4) is 6.07 Å². The summed E-state index contributed by atoms with van der Waals surface area (Å²) in [5.74, 6) is 0.476. The van der Waals surface area contributed by atoms with Crippen molar-refractivity contribution in [3.05, 3.63) is 0 Å². The van der Waals surface area contributed by atoms with Crippen molar-refractivity contribution in [2.75, 3.05) is 0 Å². The van der Waals surface area contributed by atoms with Gasteiger partial charge >= 0.3 is 0 Å². The first-order valence-corrected chi connectivity index (χ1v) is 5.72. The number of carbonyl (C=O) groups is 1. The van der Waals surface area contributed by atoms with Crippen LogP contribution in [0, 0.1) is 33.5 Å². The van der Waals surface area contributed by atoms with Crippen molar-refractivity contribution < 1.29 is 4.79 Å². The largest absolute Gasteiger partial charge is 0.297 e. The molecule has 2 fully saturated rings. The van der Waals surface area contributed by atoms with Crippen LogP contribution in [0.2, 0.25) is 0 Å². The summed E-state index contributed by atoms with van der Waals surface area (Å²) < 4.78 is 0. The highest BCUT2D eigenvalue weighted by Crippen LogP contribution is 2.66. The maximum atomic E-state index is 12.3. The minimum absolute atomic E-state index is 0.182. The zero-order valence-electron chi connectivity index (χ0n) is 10.1. The molecule has 0 radical (unpaired) electrons. The quantitative estimate of drug-likeness (QED) is 0.610. The van der Waals surface area contributed by atoms with Crippen LogP contribution in [-0.2, 0) is 4.79 Å². The lowest BCUT2D eigenvalue weighted by molar-refractivity contribution is -0.168. The van der Waals surface area contributed by atoms with E-state index in [0.717, 1.165) is 19.3 Å². The molecule has 0 amide bonds. The van der Waals surface area contributed by atoms with Gasteiger partial charge in [-0.1, -0.05) is 27.7 Å². The zero-order chi connectivity index (χ0) is 11.5. The normalized spacial score (nSPS) is 41.3. The summed E-state index contributed by atoms with van der Waals surface area (Å²) in [5.41, 5.74) is -0.754. The molecule has 0 aromatic carbocycles. The molecule has 0 aliphatic heterocycles. The first-order valence-electron chi connectivity index (χ1n) is 5.72. The number of hydrogen-bond donors (Lipinski definition) is 0. The summed E-state index contributed by atoms with van der Waals surface area (Å²) in [6.07, 6.45) is 2.71. The minimum atomic E-state index is -0.648. The first-order chi connectivity index (χ1) is 6.76. The Balaban J connectivity index is 2.39. The van der Waals surface area contributed by atoms with Gasteiger partial charge in [0.25, 0.3) is 0 Å². The van der Waals surface area contributed by atoms with Gasteiger partial charge in [0.2, 0.25) is 0 Å². The van der Waals surface area contributed by atoms with Crippen LogP contribution in [0.1, 0.15) is 47.0 Å². The minimum Gasteiger partial charge on any atom is -0.297 e. The van der Waals surface area contributed by atoms with Crippen LogP contribution in [0.25, 0.3) is 0 Å². The topological polar surface area (TPSA) is 40.9 Å². The first kappa shape index (κ1) is 10.7. The molecule has 0 N–H and O–H groups in total. The fourth-order valence-electron chi connectivity index (χ4n) is 3.77. The lowest BCUT2D eigenvalue weighted by atomic mass is 9.39. The third kappa shape index (κ3) is 1.13. The SMILES string of the molecule is CC1(C)CC[C@H]2C(C)(C)C[C@@]2(C#N)C1=O. The summed E-state index contributed by atoms with van der Waals surface area (Å²) in [6.45, 7) is 8.32. The van der Waals surface area contributed by atoms with Crippen LogP contribution < -0.4 is 0 Å². The molecule has 2 aliphatic carbocycles. The fraction of sp³-hybridized carbons (Fsp3) is 0.846. The molecule has 2 nitrogen and oxygen atoms in total. The molecular formula is C13H19NO. The van der Waals surface area contributed by atoms with E-state index < -0.39 is 5.41 Å². The van der Waals surface area contributed by atoms with E-state index in [4.69, 9.17) is 0 Å². The molecule has 82 valence electrons. The average Bonchev–Trinajstić information content (AvgIpc) is 2.11. The van der Waals surface area contributed by atoms with Crippen LogP contribution in [0.15, 0.2) is 0 Å². The van der Waals surface area contributed by atoms with E-state index in [-0.39, 0.29) is 22.5 Å². The second-order valence-electron chi connectivity index (χ2n) is 6.55. The molecule has 0 aromatic rings. The van der Waals surface area contributed by atoms with Gasteiger partial charge in [0.1, 0.15) is 5.41 Å². The number of nitriles is 1. The highest BCUT2D eigenvalue weighted by atomic mass is 16.1. The average molecular weight is 205 g/mol. The van der Waals surface area contributed by atoms with Gasteiger partial charge in [0.15, 0.2) is 5.78 Å². The Bertz CT molecular complexity index is 361. The molecule has 2 heteroatoms. The van der Waals surface area contributed by atoms with E-state index in [1.807, 2.05) is 13.8 Å². The zero-order valence-corrected chi connectivity index (χ0v) is 10.1. The van der Waals surface area contributed by atoms with Crippen LogP contribution in [-0.4, -0.2) is 5.78 Å². The molecule has 2 aliphatic rings. The Kier molecular flexibility index (Phi) is 1.88. The van der Waals surface area contributed by atoms with Gasteiger partial charge in [-0.15, -0.1) is 0 Å². The standard InChI is InChI=1S/C13H19NO/c1-11(2)6-5-9-12(3,4)7-13(9,8-14)10(11)15/h9H,5-7H2,1-4H3/t9-,13-/m0/s1. The number of nitrogens with zero attached hydrogens (tertiary/aromatic N) is 1. The molecule has 2 atom stereocenters. The number of hydrogen-bond acceptors (Lipinski definition) is 2. The van der Waals surface area contributed by atoms with Crippen LogP contribution in [0.4, 0.5) is 0 Å². The molecule has 2 saturated carbocycles. The third-order valence-corrected chi connectivity index (χ3v) is 4.55. The van der Waals surface area contributed by atoms with Crippen molar-refractivity contribution in [3.63, 3.8) is 0 Å². The molecule has 0 unspecified atom stereocenters. The Hall–Kier alpha value is -0.840. The molecule has 0 aromatic heterocycles. The molecule has 2 rings (SSSR count). The molecule has 0 heterocycles. The lowest BCUT2D eigenvalue weighted by Gasteiger charge is -2.61. The van der Waals surface area contributed by atoms with Gasteiger partial charge in [-0.05, 0) is 30.6 Å². The second-order valence-corrected chi connectivity index (χ2v) is 6.55. The summed E-state index contributed by atoms with van der Waals surface area (Å²) in [6, 6.07) is 2.33. The van der Waals surface area contributed by atoms with Crippen LogP contribution in [0.3, 0.4) is 0 Å². The second kappa shape index (κ2) is 2.64. The van der Waals surface area contributed by atoms with Crippen molar-refractivity contribution in [1.29, 1.82) is 5.26 Å². The van der Waals surface area contributed by atoms with E-state index in [9.17, 15) is 10.1 Å². The van der Waals surface area contributed by atoms with Gasteiger partial charge in [-0.3, -0.25) is 4.79 Å². The van der Waals surface area contributed by atoms with Gasteiger partial charge in [0, 0.05) is 5.41 Å². The number of ketones is 1. The van der Waals surface area contributed by atoms with Gasteiger partial charge in [-0.25, -0.2) is 0 Å². The molecule has 0 spiro atoms.